The van der Waals surface area contributed by atoms with Crippen LogP contribution in [-0.2, 0) is 13.1 Å². The van der Waals surface area contributed by atoms with Crippen LogP contribution in [0.2, 0.25) is 5.02 Å². The summed E-state index contributed by atoms with van der Waals surface area (Å²) < 4.78 is 8.12. The summed E-state index contributed by atoms with van der Waals surface area (Å²) in [5, 5.41) is 25.9. The number of anilines is 1. The van der Waals surface area contributed by atoms with E-state index in [4.69, 9.17) is 16.1 Å². The van der Waals surface area contributed by atoms with Crippen molar-refractivity contribution in [2.75, 3.05) is 5.32 Å². The Kier molecular flexibility index (Phi) is 5.73. The molecule has 0 radical (unpaired) electrons. The van der Waals surface area contributed by atoms with Gasteiger partial charge in [0.15, 0.2) is 11.5 Å². The van der Waals surface area contributed by atoms with Gasteiger partial charge in [0.25, 0.3) is 5.91 Å². The van der Waals surface area contributed by atoms with Crippen molar-refractivity contribution in [1.29, 1.82) is 0 Å². The maximum Gasteiger partial charge on any atom is 0.307 e. The van der Waals surface area contributed by atoms with E-state index >= 15 is 0 Å². The van der Waals surface area contributed by atoms with E-state index in [1.54, 1.807) is 17.8 Å². The van der Waals surface area contributed by atoms with Gasteiger partial charge >= 0.3 is 5.69 Å². The van der Waals surface area contributed by atoms with Gasteiger partial charge < -0.3 is 9.84 Å². The lowest BCUT2D eigenvalue weighted by Crippen LogP contribution is -2.17. The molecule has 1 N–H and O–H groups in total. The molecule has 0 saturated carbocycles. The van der Waals surface area contributed by atoms with E-state index in [2.05, 4.69) is 20.7 Å². The predicted octanol–water partition coefficient (Wildman–Crippen LogP) is 3.59. The summed E-state index contributed by atoms with van der Waals surface area (Å²) in [5.41, 5.74) is 2.48. The van der Waals surface area contributed by atoms with Crippen molar-refractivity contribution in [2.24, 2.45) is 0 Å². The molecule has 4 aromatic rings. The summed E-state index contributed by atoms with van der Waals surface area (Å²) in [7, 11) is 0. The highest BCUT2D eigenvalue weighted by Crippen LogP contribution is 2.23. The van der Waals surface area contributed by atoms with Crippen LogP contribution in [0.1, 0.15) is 32.9 Å². The smallest absolute Gasteiger partial charge is 0.307 e. The molecule has 11 nitrogen and oxygen atoms in total. The van der Waals surface area contributed by atoms with E-state index in [1.807, 2.05) is 31.2 Å². The number of rotatable bonds is 7. The van der Waals surface area contributed by atoms with Crippen molar-refractivity contribution in [3.8, 4) is 0 Å². The van der Waals surface area contributed by atoms with Gasteiger partial charge in [0.2, 0.25) is 0 Å². The number of halogens is 1. The first kappa shape index (κ1) is 21.2. The van der Waals surface area contributed by atoms with Gasteiger partial charge in [-0.25, -0.2) is 0 Å². The monoisotopic (exact) mass is 455 g/mol. The molecule has 32 heavy (non-hydrogen) atoms. The van der Waals surface area contributed by atoms with Gasteiger partial charge in [-0.1, -0.05) is 46.6 Å². The number of aromatic nitrogens is 5. The predicted molar refractivity (Wildman–Crippen MR) is 115 cm³/mol. The summed E-state index contributed by atoms with van der Waals surface area (Å²) >= 11 is 6.26. The lowest BCUT2D eigenvalue weighted by Gasteiger charge is -2.04. The summed E-state index contributed by atoms with van der Waals surface area (Å²) in [6, 6.07) is 7.98. The van der Waals surface area contributed by atoms with Crippen LogP contribution in [0.3, 0.4) is 0 Å². The Morgan fingerprint density at radius 1 is 1.25 bits per heavy atom. The molecule has 0 spiro atoms. The van der Waals surface area contributed by atoms with Crippen molar-refractivity contribution in [1.82, 2.24) is 24.7 Å². The lowest BCUT2D eigenvalue weighted by atomic mass is 10.1. The lowest BCUT2D eigenvalue weighted by molar-refractivity contribution is -0.385. The maximum atomic E-state index is 12.8. The minimum atomic E-state index is -0.568. The highest BCUT2D eigenvalue weighted by molar-refractivity contribution is 6.33. The van der Waals surface area contributed by atoms with Crippen LogP contribution in [0.4, 0.5) is 11.5 Å². The molecule has 3 heterocycles. The Balaban J connectivity index is 1.51. The van der Waals surface area contributed by atoms with Gasteiger partial charge in [-0.3, -0.25) is 24.3 Å². The number of nitrogens with zero attached hydrogens (tertiary/aromatic N) is 6. The molecule has 0 bridgehead atoms. The molecule has 0 aliphatic rings. The number of carbonyl (C=O) groups excluding carboxylic acids is 1. The first-order valence-electron chi connectivity index (χ1n) is 9.52. The Hall–Kier alpha value is -3.99. The Bertz CT molecular complexity index is 1310. The maximum absolute atomic E-state index is 12.8. The third-order valence-electron chi connectivity index (χ3n) is 4.73. The first-order valence-corrected chi connectivity index (χ1v) is 9.90. The van der Waals surface area contributed by atoms with E-state index in [0.717, 1.165) is 17.3 Å². The third-order valence-corrected chi connectivity index (χ3v) is 5.00. The fraction of sp³-hybridized carbons (Fsp3) is 0.200. The minimum Gasteiger partial charge on any atom is -0.361 e. The van der Waals surface area contributed by atoms with Gasteiger partial charge in [0, 0.05) is 11.8 Å². The molecule has 0 atom stereocenters. The molecule has 4 rings (SSSR count). The highest BCUT2D eigenvalue weighted by Gasteiger charge is 2.23. The van der Waals surface area contributed by atoms with E-state index in [9.17, 15) is 14.9 Å². The molecule has 1 aromatic carbocycles. The fourth-order valence-corrected chi connectivity index (χ4v) is 3.38. The number of hydrogen-bond donors (Lipinski definition) is 1. The van der Waals surface area contributed by atoms with Crippen molar-refractivity contribution >= 4 is 29.0 Å². The number of benzene rings is 1. The molecule has 0 saturated heterocycles. The first-order chi connectivity index (χ1) is 15.3. The zero-order chi connectivity index (χ0) is 22.8. The van der Waals surface area contributed by atoms with Crippen LogP contribution in [0.25, 0.3) is 0 Å². The third kappa shape index (κ3) is 4.52. The van der Waals surface area contributed by atoms with Crippen molar-refractivity contribution in [3.63, 3.8) is 0 Å². The second-order valence-corrected chi connectivity index (χ2v) is 7.59. The molecule has 164 valence electrons. The molecule has 0 unspecified atom stereocenters. The van der Waals surface area contributed by atoms with Gasteiger partial charge in [-0.15, -0.1) is 0 Å². The van der Waals surface area contributed by atoms with Crippen LogP contribution < -0.4 is 5.32 Å². The normalized spacial score (nSPS) is 11.0. The zero-order valence-corrected chi connectivity index (χ0v) is 17.9. The highest BCUT2D eigenvalue weighted by atomic mass is 35.5. The summed E-state index contributed by atoms with van der Waals surface area (Å²) in [5.74, 6) is 0.0104. The number of nitro groups is 1. The number of aryl methyl sites for hydroxylation is 2. The summed E-state index contributed by atoms with van der Waals surface area (Å²) in [6.45, 7) is 4.20. The molecule has 0 fully saturated rings. The largest absolute Gasteiger partial charge is 0.361 e. The van der Waals surface area contributed by atoms with E-state index in [1.165, 1.54) is 10.9 Å². The topological polar surface area (TPSA) is 134 Å². The number of nitrogens with one attached hydrogen (secondary N) is 1. The number of carbonyl (C=O) groups is 1. The molecule has 3 aromatic heterocycles. The molecular formula is C20H18ClN7O4. The molecular weight excluding hydrogens is 438 g/mol. The van der Waals surface area contributed by atoms with Gasteiger partial charge in [0.1, 0.15) is 23.2 Å². The molecule has 0 aliphatic carbocycles. The SMILES string of the molecule is Cc1cccc(Cn2cc(Cl)c(NC(=O)c3noc(C)c3Cn3cc([N+](=O)[O-])cn3)n2)c1. The Morgan fingerprint density at radius 3 is 2.78 bits per heavy atom. The van der Waals surface area contributed by atoms with Crippen LogP contribution in [-0.4, -0.2) is 35.5 Å². The number of hydrogen-bond acceptors (Lipinski definition) is 7. The molecule has 12 heteroatoms. The molecule has 1 amide bonds. The van der Waals surface area contributed by atoms with Gasteiger partial charge in [0.05, 0.1) is 18.0 Å². The van der Waals surface area contributed by atoms with Crippen molar-refractivity contribution in [2.45, 2.75) is 26.9 Å². The van der Waals surface area contributed by atoms with Crippen LogP contribution >= 0.6 is 11.6 Å². The van der Waals surface area contributed by atoms with Gasteiger partial charge in [-0.2, -0.15) is 10.2 Å². The zero-order valence-electron chi connectivity index (χ0n) is 17.1. The van der Waals surface area contributed by atoms with Crippen molar-refractivity contribution in [3.05, 3.63) is 86.1 Å². The Labute approximate surface area is 186 Å². The van der Waals surface area contributed by atoms with Crippen LogP contribution in [0, 0.1) is 24.0 Å². The van der Waals surface area contributed by atoms with Crippen LogP contribution in [0.15, 0.2) is 47.4 Å². The van der Waals surface area contributed by atoms with E-state index in [0.29, 0.717) is 17.9 Å². The summed E-state index contributed by atoms with van der Waals surface area (Å²) in [6.07, 6.45) is 4.01. The minimum absolute atomic E-state index is 0.0185. The van der Waals surface area contributed by atoms with Crippen LogP contribution in [0.5, 0.6) is 0 Å². The van der Waals surface area contributed by atoms with E-state index < -0.39 is 10.8 Å². The van der Waals surface area contributed by atoms with Gasteiger partial charge in [-0.05, 0) is 19.4 Å². The summed E-state index contributed by atoms with van der Waals surface area (Å²) in [4.78, 5) is 23.2. The van der Waals surface area contributed by atoms with E-state index in [-0.39, 0.29) is 28.8 Å². The number of amides is 1. The fourth-order valence-electron chi connectivity index (χ4n) is 3.18. The second-order valence-electron chi connectivity index (χ2n) is 7.19. The Morgan fingerprint density at radius 2 is 2.06 bits per heavy atom. The van der Waals surface area contributed by atoms with Crippen molar-refractivity contribution < 1.29 is 14.2 Å². The second kappa shape index (κ2) is 8.63. The average molecular weight is 456 g/mol. The molecule has 0 aliphatic heterocycles. The standard InChI is InChI=1S/C20H18ClN7O4/c1-12-4-3-5-14(6-12)8-27-11-17(21)19(24-27)23-20(29)18-16(13(2)32-25-18)10-26-9-15(7-22-26)28(30)31/h3-7,9,11H,8,10H2,1-2H3,(H,23,24,29). The average Bonchev–Trinajstić information content (AvgIpc) is 3.43. The quantitative estimate of drug-likeness (QED) is 0.332.